The van der Waals surface area contributed by atoms with Crippen molar-refractivity contribution in [2.75, 3.05) is 0 Å². The molecule has 0 atom stereocenters. The monoisotopic (exact) mass is 362 g/mol. The molecule has 0 fully saturated rings. The maximum absolute atomic E-state index is 12.6. The largest absolute Gasteiger partial charge is 0.446 e. The summed E-state index contributed by atoms with van der Waals surface area (Å²) in [7, 11) is -4.05. The van der Waals surface area contributed by atoms with Crippen LogP contribution in [0.25, 0.3) is 0 Å². The summed E-state index contributed by atoms with van der Waals surface area (Å²) in [5.41, 5.74) is 1.64. The second-order valence-corrected chi connectivity index (χ2v) is 7.47. The highest BCUT2D eigenvalue weighted by molar-refractivity contribution is 7.87. The number of benzene rings is 2. The highest BCUT2D eigenvalue weighted by atomic mass is 32.2. The molecule has 0 spiro atoms. The number of carbonyl (C=O) groups excluding carboxylic acids is 1. The van der Waals surface area contributed by atoms with E-state index in [0.717, 1.165) is 11.1 Å². The van der Waals surface area contributed by atoms with Crippen LogP contribution in [0.15, 0.2) is 60.7 Å². The number of hydrogen-bond acceptors (Lipinski definition) is 4. The maximum atomic E-state index is 12.6. The van der Waals surface area contributed by atoms with Crippen molar-refractivity contribution in [2.24, 2.45) is 0 Å². The van der Waals surface area contributed by atoms with Crippen molar-refractivity contribution in [3.63, 3.8) is 0 Å². The minimum Gasteiger partial charge on any atom is -0.446 e. The third kappa shape index (κ3) is 6.21. The van der Waals surface area contributed by atoms with Crippen LogP contribution in [0.5, 0.6) is 0 Å². The Morgan fingerprint density at radius 3 is 1.80 bits per heavy atom. The molecule has 0 heterocycles. The Kier molecular flexibility index (Phi) is 6.55. The van der Waals surface area contributed by atoms with Crippen LogP contribution in [0.2, 0.25) is 0 Å². The van der Waals surface area contributed by atoms with E-state index in [4.69, 9.17) is 4.74 Å². The Morgan fingerprint density at radius 1 is 0.960 bits per heavy atom. The van der Waals surface area contributed by atoms with Crippen LogP contribution < -0.4 is 4.72 Å². The molecule has 7 heteroatoms. The minimum atomic E-state index is -4.05. The molecule has 1 N–H and O–H groups in total. The number of carbonyl (C=O) groups is 1. The van der Waals surface area contributed by atoms with Crippen molar-refractivity contribution in [3.05, 3.63) is 71.8 Å². The van der Waals surface area contributed by atoms with Gasteiger partial charge in [0.15, 0.2) is 0 Å². The topological polar surface area (TPSA) is 75.7 Å². The molecule has 0 saturated carbocycles. The summed E-state index contributed by atoms with van der Waals surface area (Å²) in [6.45, 7) is 3.58. The van der Waals surface area contributed by atoms with E-state index in [9.17, 15) is 13.2 Å². The van der Waals surface area contributed by atoms with Crippen molar-refractivity contribution < 1.29 is 17.9 Å². The van der Waals surface area contributed by atoms with Crippen LogP contribution in [0.3, 0.4) is 0 Å². The van der Waals surface area contributed by atoms with Crippen molar-refractivity contribution in [1.82, 2.24) is 9.03 Å². The highest BCUT2D eigenvalue weighted by Crippen LogP contribution is 2.13. The molecule has 0 bridgehead atoms. The summed E-state index contributed by atoms with van der Waals surface area (Å²) in [6.07, 6.45) is -1.40. The zero-order valence-electron chi connectivity index (χ0n) is 14.3. The van der Waals surface area contributed by atoms with E-state index in [-0.39, 0.29) is 13.1 Å². The van der Waals surface area contributed by atoms with Gasteiger partial charge in [-0.05, 0) is 25.0 Å². The SMILES string of the molecule is CC(C)OC(=O)NS(=O)(=O)N(Cc1ccccc1)Cc1ccccc1. The first-order valence-corrected chi connectivity index (χ1v) is 9.37. The quantitative estimate of drug-likeness (QED) is 0.821. The van der Waals surface area contributed by atoms with Gasteiger partial charge < -0.3 is 4.74 Å². The second kappa shape index (κ2) is 8.64. The summed E-state index contributed by atoms with van der Waals surface area (Å²) < 4.78 is 33.3. The third-order valence-electron chi connectivity index (χ3n) is 3.30. The van der Waals surface area contributed by atoms with Gasteiger partial charge in [0.25, 0.3) is 0 Å². The maximum Gasteiger partial charge on any atom is 0.422 e. The zero-order chi connectivity index (χ0) is 18.3. The van der Waals surface area contributed by atoms with Gasteiger partial charge in [-0.3, -0.25) is 0 Å². The molecule has 0 saturated heterocycles. The number of nitrogens with zero attached hydrogens (tertiary/aromatic N) is 1. The molecule has 0 aliphatic carbocycles. The Hall–Kier alpha value is -2.38. The lowest BCUT2D eigenvalue weighted by Gasteiger charge is -2.22. The second-order valence-electron chi connectivity index (χ2n) is 5.80. The first-order chi connectivity index (χ1) is 11.9. The molecular formula is C18H22N2O4S. The summed E-state index contributed by atoms with van der Waals surface area (Å²) in [6, 6.07) is 18.4. The Bertz CT molecular complexity index is 736. The van der Waals surface area contributed by atoms with E-state index in [2.05, 4.69) is 0 Å². The first-order valence-electron chi connectivity index (χ1n) is 7.93. The lowest BCUT2D eigenvalue weighted by molar-refractivity contribution is 0.121. The fourth-order valence-corrected chi connectivity index (χ4v) is 3.23. The van der Waals surface area contributed by atoms with Crippen molar-refractivity contribution in [2.45, 2.75) is 33.0 Å². The normalized spacial score (nSPS) is 11.5. The predicted octanol–water partition coefficient (Wildman–Crippen LogP) is 3.07. The molecule has 6 nitrogen and oxygen atoms in total. The van der Waals surface area contributed by atoms with Gasteiger partial charge in [-0.25, -0.2) is 9.52 Å². The van der Waals surface area contributed by atoms with Gasteiger partial charge >= 0.3 is 16.3 Å². The molecule has 0 unspecified atom stereocenters. The van der Waals surface area contributed by atoms with E-state index < -0.39 is 22.4 Å². The Balaban J connectivity index is 2.21. The lowest BCUT2D eigenvalue weighted by atomic mass is 10.2. The predicted molar refractivity (Wildman–Crippen MR) is 95.8 cm³/mol. The Labute approximate surface area is 148 Å². The van der Waals surface area contributed by atoms with E-state index >= 15 is 0 Å². The minimum absolute atomic E-state index is 0.139. The van der Waals surface area contributed by atoms with Crippen LogP contribution in [-0.2, 0) is 28.0 Å². The van der Waals surface area contributed by atoms with E-state index in [1.165, 1.54) is 4.31 Å². The fourth-order valence-electron chi connectivity index (χ4n) is 2.21. The number of amides is 1. The van der Waals surface area contributed by atoms with E-state index in [1.54, 1.807) is 13.8 Å². The molecule has 0 aliphatic heterocycles. The van der Waals surface area contributed by atoms with Crippen molar-refractivity contribution in [3.8, 4) is 0 Å². The average molecular weight is 362 g/mol. The molecular weight excluding hydrogens is 340 g/mol. The van der Waals surface area contributed by atoms with Crippen LogP contribution in [0, 0.1) is 0 Å². The van der Waals surface area contributed by atoms with Gasteiger partial charge in [-0.15, -0.1) is 0 Å². The summed E-state index contributed by atoms with van der Waals surface area (Å²) in [4.78, 5) is 11.7. The fraction of sp³-hybridized carbons (Fsp3) is 0.278. The molecule has 25 heavy (non-hydrogen) atoms. The molecule has 2 aromatic carbocycles. The summed E-state index contributed by atoms with van der Waals surface area (Å²) in [5, 5.41) is 0. The molecule has 2 aromatic rings. The third-order valence-corrected chi connectivity index (χ3v) is 4.66. The van der Waals surface area contributed by atoms with Crippen LogP contribution >= 0.6 is 0 Å². The van der Waals surface area contributed by atoms with Crippen molar-refractivity contribution >= 4 is 16.3 Å². The number of rotatable bonds is 7. The van der Waals surface area contributed by atoms with Gasteiger partial charge in [0, 0.05) is 13.1 Å². The standard InChI is InChI=1S/C18H22N2O4S/c1-15(2)24-18(21)19-25(22,23)20(13-16-9-5-3-6-10-16)14-17-11-7-4-8-12-17/h3-12,15H,13-14H2,1-2H3,(H,19,21). The number of nitrogens with one attached hydrogen (secondary N) is 1. The van der Waals surface area contributed by atoms with E-state index in [0.29, 0.717) is 0 Å². The molecule has 2 rings (SSSR count). The first kappa shape index (κ1) is 19.0. The smallest absolute Gasteiger partial charge is 0.422 e. The van der Waals surface area contributed by atoms with Crippen molar-refractivity contribution in [1.29, 1.82) is 0 Å². The number of ether oxygens (including phenoxy) is 1. The number of hydrogen-bond donors (Lipinski definition) is 1. The summed E-state index contributed by atoms with van der Waals surface area (Å²) in [5.74, 6) is 0. The summed E-state index contributed by atoms with van der Waals surface area (Å²) >= 11 is 0. The van der Waals surface area contributed by atoms with Gasteiger partial charge in [-0.2, -0.15) is 12.7 Å². The van der Waals surface area contributed by atoms with Gasteiger partial charge in [0.05, 0.1) is 6.10 Å². The zero-order valence-corrected chi connectivity index (χ0v) is 15.1. The molecule has 134 valence electrons. The molecule has 0 aliphatic rings. The lowest BCUT2D eigenvalue weighted by Crippen LogP contribution is -2.43. The molecule has 1 amide bonds. The van der Waals surface area contributed by atoms with E-state index in [1.807, 2.05) is 65.4 Å². The van der Waals surface area contributed by atoms with Crippen LogP contribution in [0.4, 0.5) is 4.79 Å². The van der Waals surface area contributed by atoms with Crippen LogP contribution in [0.1, 0.15) is 25.0 Å². The van der Waals surface area contributed by atoms with Crippen LogP contribution in [-0.4, -0.2) is 24.9 Å². The average Bonchev–Trinajstić information content (AvgIpc) is 2.55. The van der Waals surface area contributed by atoms with Gasteiger partial charge in [0.2, 0.25) is 0 Å². The molecule has 0 aromatic heterocycles. The highest BCUT2D eigenvalue weighted by Gasteiger charge is 2.25. The van der Waals surface area contributed by atoms with Gasteiger partial charge in [-0.1, -0.05) is 60.7 Å². The molecule has 0 radical (unpaired) electrons. The Morgan fingerprint density at radius 2 is 1.40 bits per heavy atom. The van der Waals surface area contributed by atoms with Gasteiger partial charge in [0.1, 0.15) is 0 Å².